The highest BCUT2D eigenvalue weighted by atomic mass is 35.5. The quantitative estimate of drug-likeness (QED) is 0.137. The summed E-state index contributed by atoms with van der Waals surface area (Å²) in [7, 11) is 9.44. The highest BCUT2D eigenvalue weighted by Crippen LogP contribution is 2.40. The van der Waals surface area contributed by atoms with E-state index in [1.54, 1.807) is 55.5 Å². The standard InChI is InChI=1S/C18H18ClFN2.C17H15ClFN3O2/c1-21(2)18(17-14(19)8-6-9-15(17)20)13-11-22(3)16-10-5-4-7-12(13)16;1-21(2)17(16-11(18)5-3-6-12(16)19)10-9-20-13-7-4-8-14(15(10)13)22(23)24/h4-11,18H,1-3H3;3-9,17,20H,1-2H3. The molecule has 2 atom stereocenters. The number of nitro benzene ring substituents is 1. The number of hydrogen-bond donors (Lipinski definition) is 1. The highest BCUT2D eigenvalue weighted by Gasteiger charge is 2.29. The number of aryl methyl sites for hydroxylation is 1. The fraction of sp³-hybridized carbons (Fsp3) is 0.200. The SMILES string of the molecule is CN(C)C(c1c(F)cccc1Cl)c1c[nH]c2cccc([N+](=O)[O-])c12.CN(C)C(c1c(F)cccc1Cl)c1cn(C)c2ccccc12. The summed E-state index contributed by atoms with van der Waals surface area (Å²) >= 11 is 12.5. The zero-order valence-electron chi connectivity index (χ0n) is 25.9. The summed E-state index contributed by atoms with van der Waals surface area (Å²) in [5, 5.41) is 13.7. The molecule has 0 aliphatic heterocycles. The average Bonchev–Trinajstić information content (AvgIpc) is 3.58. The van der Waals surface area contributed by atoms with Gasteiger partial charge in [-0.25, -0.2) is 8.78 Å². The molecule has 6 aromatic rings. The van der Waals surface area contributed by atoms with Gasteiger partial charge < -0.3 is 9.55 Å². The summed E-state index contributed by atoms with van der Waals surface area (Å²) in [6.07, 6.45) is 3.73. The van der Waals surface area contributed by atoms with Gasteiger partial charge in [0.05, 0.1) is 27.9 Å². The molecule has 46 heavy (non-hydrogen) atoms. The Morgan fingerprint density at radius 2 is 1.33 bits per heavy atom. The number of non-ortho nitro benzene ring substituents is 1. The Kier molecular flexibility index (Phi) is 9.79. The molecule has 0 radical (unpaired) electrons. The minimum absolute atomic E-state index is 0.0249. The number of benzene rings is 4. The number of fused-ring (bicyclic) bond motifs is 2. The highest BCUT2D eigenvalue weighted by molar-refractivity contribution is 6.31. The van der Waals surface area contributed by atoms with Crippen LogP contribution in [-0.4, -0.2) is 52.5 Å². The smallest absolute Gasteiger partial charge is 0.279 e. The van der Waals surface area contributed by atoms with Gasteiger partial charge in [0.2, 0.25) is 0 Å². The van der Waals surface area contributed by atoms with Crippen molar-refractivity contribution in [3.63, 3.8) is 0 Å². The van der Waals surface area contributed by atoms with Gasteiger partial charge in [0.15, 0.2) is 0 Å². The number of nitrogens with zero attached hydrogens (tertiary/aromatic N) is 4. The van der Waals surface area contributed by atoms with Crippen molar-refractivity contribution in [2.75, 3.05) is 28.2 Å². The molecule has 2 heterocycles. The van der Waals surface area contributed by atoms with Crippen LogP contribution < -0.4 is 0 Å². The van der Waals surface area contributed by atoms with Crippen LogP contribution in [0, 0.1) is 21.7 Å². The maximum atomic E-state index is 14.5. The molecule has 6 rings (SSSR count). The second-order valence-electron chi connectivity index (χ2n) is 11.4. The molecule has 2 unspecified atom stereocenters. The predicted octanol–water partition coefficient (Wildman–Crippen LogP) is 9.14. The van der Waals surface area contributed by atoms with Crippen molar-refractivity contribution >= 4 is 50.7 Å². The van der Waals surface area contributed by atoms with Crippen molar-refractivity contribution in [2.45, 2.75) is 12.1 Å². The van der Waals surface area contributed by atoms with Crippen LogP contribution in [-0.2, 0) is 7.05 Å². The fourth-order valence-electron chi connectivity index (χ4n) is 6.08. The van der Waals surface area contributed by atoms with E-state index in [2.05, 4.69) is 27.9 Å². The zero-order chi connectivity index (χ0) is 33.3. The topological polar surface area (TPSA) is 70.3 Å². The Bertz CT molecular complexity index is 2000. The molecule has 11 heteroatoms. The molecule has 0 saturated heterocycles. The third-order valence-electron chi connectivity index (χ3n) is 8.01. The van der Waals surface area contributed by atoms with Crippen molar-refractivity contribution in [3.8, 4) is 0 Å². The Labute approximate surface area is 275 Å². The van der Waals surface area contributed by atoms with Gasteiger partial charge in [-0.1, -0.05) is 59.6 Å². The van der Waals surface area contributed by atoms with Crippen LogP contribution in [0.15, 0.2) is 91.3 Å². The number of aromatic amines is 1. The largest absolute Gasteiger partial charge is 0.361 e. The lowest BCUT2D eigenvalue weighted by Gasteiger charge is -2.26. The maximum Gasteiger partial charge on any atom is 0.279 e. The van der Waals surface area contributed by atoms with Gasteiger partial charge in [0, 0.05) is 63.1 Å². The second-order valence-corrected chi connectivity index (χ2v) is 12.2. The van der Waals surface area contributed by atoms with Crippen LogP contribution in [0.1, 0.15) is 34.3 Å². The lowest BCUT2D eigenvalue weighted by Crippen LogP contribution is -2.22. The minimum atomic E-state index is -0.562. The van der Waals surface area contributed by atoms with E-state index in [0.717, 1.165) is 16.5 Å². The fourth-order valence-corrected chi connectivity index (χ4v) is 6.61. The molecule has 0 spiro atoms. The van der Waals surface area contributed by atoms with Gasteiger partial charge in [-0.2, -0.15) is 0 Å². The van der Waals surface area contributed by atoms with Gasteiger partial charge in [-0.05, 0) is 70.2 Å². The van der Waals surface area contributed by atoms with Crippen molar-refractivity contribution in [3.05, 3.63) is 145 Å². The van der Waals surface area contributed by atoms with Crippen molar-refractivity contribution in [1.29, 1.82) is 0 Å². The first-order chi connectivity index (χ1) is 21.9. The lowest BCUT2D eigenvalue weighted by molar-refractivity contribution is -0.383. The number of halogens is 4. The number of para-hydroxylation sites is 1. The van der Waals surface area contributed by atoms with Crippen molar-refractivity contribution < 1.29 is 13.7 Å². The average molecular weight is 665 g/mol. The predicted molar refractivity (Wildman–Crippen MR) is 182 cm³/mol. The third kappa shape index (κ3) is 6.24. The van der Waals surface area contributed by atoms with E-state index in [9.17, 15) is 18.9 Å². The summed E-state index contributed by atoms with van der Waals surface area (Å²) in [5.41, 5.74) is 4.19. The Hall–Kier alpha value is -4.28. The second kappa shape index (κ2) is 13.6. The number of nitro groups is 1. The molecule has 1 N–H and O–H groups in total. The van der Waals surface area contributed by atoms with E-state index >= 15 is 0 Å². The van der Waals surface area contributed by atoms with Crippen LogP contribution >= 0.6 is 23.2 Å². The Morgan fingerprint density at radius 3 is 1.87 bits per heavy atom. The molecular weight excluding hydrogens is 631 g/mol. The molecule has 0 fully saturated rings. The van der Waals surface area contributed by atoms with E-state index < -0.39 is 16.8 Å². The van der Waals surface area contributed by atoms with E-state index in [1.165, 1.54) is 24.3 Å². The van der Waals surface area contributed by atoms with Crippen molar-refractivity contribution in [1.82, 2.24) is 19.4 Å². The molecule has 0 aliphatic carbocycles. The van der Waals surface area contributed by atoms with Gasteiger partial charge >= 0.3 is 0 Å². The summed E-state index contributed by atoms with van der Waals surface area (Å²) in [4.78, 5) is 17.8. The summed E-state index contributed by atoms with van der Waals surface area (Å²) in [5.74, 6) is -0.728. The first kappa shape index (κ1) is 33.1. The molecule has 238 valence electrons. The molecule has 4 aromatic carbocycles. The summed E-state index contributed by atoms with van der Waals surface area (Å²) < 4.78 is 31.0. The summed E-state index contributed by atoms with van der Waals surface area (Å²) in [6, 6.07) is 21.5. The van der Waals surface area contributed by atoms with E-state index in [4.69, 9.17) is 23.2 Å². The first-order valence-corrected chi connectivity index (χ1v) is 15.2. The maximum absolute atomic E-state index is 14.5. The van der Waals surface area contributed by atoms with Gasteiger partial charge in [0.1, 0.15) is 11.6 Å². The third-order valence-corrected chi connectivity index (χ3v) is 8.67. The van der Waals surface area contributed by atoms with Crippen molar-refractivity contribution in [2.24, 2.45) is 7.05 Å². The molecule has 0 aliphatic rings. The van der Waals surface area contributed by atoms with E-state index in [-0.39, 0.29) is 22.6 Å². The molecule has 7 nitrogen and oxygen atoms in total. The first-order valence-electron chi connectivity index (χ1n) is 14.4. The number of rotatable bonds is 7. The van der Waals surface area contributed by atoms with Crippen LogP contribution in [0.25, 0.3) is 21.8 Å². The number of nitrogens with one attached hydrogen (secondary N) is 1. The molecule has 0 amide bonds. The Morgan fingerprint density at radius 1 is 0.783 bits per heavy atom. The molecule has 2 aromatic heterocycles. The lowest BCUT2D eigenvalue weighted by atomic mass is 9.96. The minimum Gasteiger partial charge on any atom is -0.361 e. The zero-order valence-corrected chi connectivity index (χ0v) is 27.4. The van der Waals surface area contributed by atoms with Crippen LogP contribution in [0.5, 0.6) is 0 Å². The number of H-pyrrole nitrogens is 1. The molecular formula is C35H33Cl2F2N5O2. The monoisotopic (exact) mass is 663 g/mol. The molecule has 0 bridgehead atoms. The van der Waals surface area contributed by atoms with Gasteiger partial charge in [0.25, 0.3) is 5.69 Å². The van der Waals surface area contributed by atoms with E-state index in [1.807, 2.05) is 38.2 Å². The van der Waals surface area contributed by atoms with Crippen LogP contribution in [0.3, 0.4) is 0 Å². The number of hydrogen-bond acceptors (Lipinski definition) is 4. The van der Waals surface area contributed by atoms with E-state index in [0.29, 0.717) is 32.6 Å². The van der Waals surface area contributed by atoms with Gasteiger partial charge in [-0.15, -0.1) is 0 Å². The normalized spacial score (nSPS) is 12.8. The summed E-state index contributed by atoms with van der Waals surface area (Å²) in [6.45, 7) is 0. The van der Waals surface area contributed by atoms with Crippen LogP contribution in [0.4, 0.5) is 14.5 Å². The number of aromatic nitrogens is 2. The van der Waals surface area contributed by atoms with Gasteiger partial charge in [-0.3, -0.25) is 19.9 Å². The van der Waals surface area contributed by atoms with Crippen LogP contribution in [0.2, 0.25) is 10.0 Å². The Balaban J connectivity index is 0.000000182. The molecule has 0 saturated carbocycles.